The number of aromatic nitrogens is 3. The highest BCUT2D eigenvalue weighted by Crippen LogP contribution is 2.21. The first-order valence-corrected chi connectivity index (χ1v) is 5.14. The van der Waals surface area contributed by atoms with Gasteiger partial charge in [0.2, 0.25) is 0 Å². The maximum Gasteiger partial charge on any atom is 0.144 e. The number of halogens is 2. The molecule has 0 aliphatic carbocycles. The zero-order valence-corrected chi connectivity index (χ0v) is 9.29. The van der Waals surface area contributed by atoms with Gasteiger partial charge in [0, 0.05) is 12.6 Å². The lowest BCUT2D eigenvalue weighted by molar-refractivity contribution is 0.483. The number of hydrogen-bond donors (Lipinski definition) is 0. The Morgan fingerprint density at radius 1 is 1.47 bits per heavy atom. The average Bonchev–Trinajstić information content (AvgIpc) is 2.49. The summed E-state index contributed by atoms with van der Waals surface area (Å²) in [6.45, 7) is 4.91. The molecule has 0 saturated carbocycles. The lowest BCUT2D eigenvalue weighted by Crippen LogP contribution is -2.05. The molecule has 0 N–H and O–H groups in total. The summed E-state index contributed by atoms with van der Waals surface area (Å²) in [6, 6.07) is 2.87. The summed E-state index contributed by atoms with van der Waals surface area (Å²) in [5, 5.41) is 7.95. The Morgan fingerprint density at radius 3 is 2.87 bits per heavy atom. The molecule has 2 aromatic rings. The maximum absolute atomic E-state index is 13.1. The van der Waals surface area contributed by atoms with Crippen LogP contribution < -0.4 is 0 Å². The van der Waals surface area contributed by atoms with Crippen molar-refractivity contribution >= 4 is 22.6 Å². The minimum atomic E-state index is -0.458. The second kappa shape index (κ2) is 3.77. The van der Waals surface area contributed by atoms with Crippen LogP contribution in [0.2, 0.25) is 5.02 Å². The third-order valence-corrected chi connectivity index (χ3v) is 2.38. The Kier molecular flexibility index (Phi) is 2.61. The number of rotatable bonds is 2. The molecule has 2 rings (SSSR count). The van der Waals surface area contributed by atoms with Crippen LogP contribution in [-0.2, 0) is 6.54 Å². The van der Waals surface area contributed by atoms with Crippen molar-refractivity contribution in [3.05, 3.63) is 23.0 Å². The van der Waals surface area contributed by atoms with Crippen molar-refractivity contribution in [3.8, 4) is 0 Å². The van der Waals surface area contributed by atoms with Crippen LogP contribution in [0.25, 0.3) is 11.0 Å². The molecule has 0 amide bonds. The second-order valence-corrected chi connectivity index (χ2v) is 4.33. The molecular formula is C10H11ClFN3. The van der Waals surface area contributed by atoms with E-state index in [4.69, 9.17) is 11.6 Å². The van der Waals surface area contributed by atoms with E-state index >= 15 is 0 Å². The summed E-state index contributed by atoms with van der Waals surface area (Å²) < 4.78 is 14.9. The fourth-order valence-corrected chi connectivity index (χ4v) is 1.60. The Morgan fingerprint density at radius 2 is 2.20 bits per heavy atom. The van der Waals surface area contributed by atoms with E-state index in [-0.39, 0.29) is 5.02 Å². The molecule has 15 heavy (non-hydrogen) atoms. The first kappa shape index (κ1) is 10.4. The van der Waals surface area contributed by atoms with Crippen molar-refractivity contribution in [1.29, 1.82) is 0 Å². The zero-order valence-electron chi connectivity index (χ0n) is 8.54. The summed E-state index contributed by atoms with van der Waals surface area (Å²) in [7, 11) is 0. The van der Waals surface area contributed by atoms with E-state index in [1.807, 2.05) is 0 Å². The van der Waals surface area contributed by atoms with E-state index in [2.05, 4.69) is 24.2 Å². The normalized spacial score (nSPS) is 11.5. The molecule has 0 atom stereocenters. The van der Waals surface area contributed by atoms with Crippen LogP contribution in [0.3, 0.4) is 0 Å². The maximum atomic E-state index is 13.1. The van der Waals surface area contributed by atoms with Gasteiger partial charge in [-0.05, 0) is 12.0 Å². The average molecular weight is 228 g/mol. The van der Waals surface area contributed by atoms with Gasteiger partial charge < -0.3 is 0 Å². The van der Waals surface area contributed by atoms with Crippen molar-refractivity contribution in [2.75, 3.05) is 0 Å². The molecule has 0 bridgehead atoms. The Labute approximate surface area is 91.8 Å². The van der Waals surface area contributed by atoms with Crippen molar-refractivity contribution in [2.24, 2.45) is 5.92 Å². The summed E-state index contributed by atoms with van der Waals surface area (Å²) in [5.74, 6) is -0.000470. The number of fused-ring (bicyclic) bond motifs is 1. The molecule has 0 radical (unpaired) electrons. The number of nitrogens with zero attached hydrogens (tertiary/aromatic N) is 3. The van der Waals surface area contributed by atoms with Gasteiger partial charge in [-0.15, -0.1) is 5.10 Å². The van der Waals surface area contributed by atoms with E-state index in [0.717, 1.165) is 12.1 Å². The first-order chi connectivity index (χ1) is 7.08. The van der Waals surface area contributed by atoms with Gasteiger partial charge in [-0.1, -0.05) is 30.7 Å². The van der Waals surface area contributed by atoms with Crippen LogP contribution in [0.4, 0.5) is 4.39 Å². The van der Waals surface area contributed by atoms with Crippen LogP contribution in [-0.4, -0.2) is 15.0 Å². The largest absolute Gasteiger partial charge is 0.244 e. The third-order valence-electron chi connectivity index (χ3n) is 2.09. The number of benzene rings is 1. The van der Waals surface area contributed by atoms with Gasteiger partial charge in [0.25, 0.3) is 0 Å². The summed E-state index contributed by atoms with van der Waals surface area (Å²) in [4.78, 5) is 0. The topological polar surface area (TPSA) is 30.7 Å². The SMILES string of the molecule is CC(C)Cn1nnc2cc(F)c(Cl)cc21. The Bertz CT molecular complexity index is 493. The van der Waals surface area contributed by atoms with E-state index < -0.39 is 5.82 Å². The zero-order chi connectivity index (χ0) is 11.0. The van der Waals surface area contributed by atoms with Gasteiger partial charge in [0.05, 0.1) is 10.5 Å². The molecule has 1 heterocycles. The first-order valence-electron chi connectivity index (χ1n) is 4.76. The minimum absolute atomic E-state index is 0.106. The molecule has 0 aliphatic heterocycles. The quantitative estimate of drug-likeness (QED) is 0.790. The minimum Gasteiger partial charge on any atom is -0.244 e. The fourth-order valence-electron chi connectivity index (χ4n) is 1.44. The highest BCUT2D eigenvalue weighted by atomic mass is 35.5. The van der Waals surface area contributed by atoms with Crippen molar-refractivity contribution < 1.29 is 4.39 Å². The highest BCUT2D eigenvalue weighted by molar-refractivity contribution is 6.31. The monoisotopic (exact) mass is 227 g/mol. The summed E-state index contributed by atoms with van der Waals surface area (Å²) in [6.07, 6.45) is 0. The van der Waals surface area contributed by atoms with Crippen molar-refractivity contribution in [3.63, 3.8) is 0 Å². The third kappa shape index (κ3) is 1.95. The van der Waals surface area contributed by atoms with Gasteiger partial charge in [-0.2, -0.15) is 0 Å². The standard InChI is InChI=1S/C10H11ClFN3/c1-6(2)5-15-10-3-7(11)8(12)4-9(10)13-14-15/h3-4,6H,5H2,1-2H3. The van der Waals surface area contributed by atoms with E-state index in [1.54, 1.807) is 10.7 Å². The van der Waals surface area contributed by atoms with Crippen LogP contribution in [0, 0.1) is 11.7 Å². The van der Waals surface area contributed by atoms with Crippen LogP contribution in [0.15, 0.2) is 12.1 Å². The lowest BCUT2D eigenvalue weighted by atomic mass is 10.2. The lowest BCUT2D eigenvalue weighted by Gasteiger charge is -2.05. The molecule has 5 heteroatoms. The van der Waals surface area contributed by atoms with Gasteiger partial charge in [0.1, 0.15) is 11.3 Å². The summed E-state index contributed by atoms with van der Waals surface area (Å²) >= 11 is 5.71. The molecule has 0 fully saturated rings. The molecule has 0 saturated heterocycles. The van der Waals surface area contributed by atoms with E-state index in [0.29, 0.717) is 11.4 Å². The van der Waals surface area contributed by atoms with Crippen LogP contribution >= 0.6 is 11.6 Å². The molecule has 1 aromatic carbocycles. The van der Waals surface area contributed by atoms with Gasteiger partial charge in [-0.3, -0.25) is 0 Å². The Balaban J connectivity index is 2.54. The highest BCUT2D eigenvalue weighted by Gasteiger charge is 2.09. The molecule has 0 aliphatic rings. The van der Waals surface area contributed by atoms with Crippen LogP contribution in [0.5, 0.6) is 0 Å². The van der Waals surface area contributed by atoms with Gasteiger partial charge >= 0.3 is 0 Å². The fraction of sp³-hybridized carbons (Fsp3) is 0.400. The predicted octanol–water partition coefficient (Wildman–Crippen LogP) is 2.88. The molecule has 0 spiro atoms. The van der Waals surface area contributed by atoms with Gasteiger partial charge in [-0.25, -0.2) is 9.07 Å². The van der Waals surface area contributed by atoms with Crippen molar-refractivity contribution in [1.82, 2.24) is 15.0 Å². The Hall–Kier alpha value is -1.16. The smallest absolute Gasteiger partial charge is 0.144 e. The molecule has 0 unspecified atom stereocenters. The molecular weight excluding hydrogens is 217 g/mol. The molecule has 80 valence electrons. The number of hydrogen-bond acceptors (Lipinski definition) is 2. The summed E-state index contributed by atoms with van der Waals surface area (Å²) in [5.41, 5.74) is 1.31. The van der Waals surface area contributed by atoms with E-state index in [1.165, 1.54) is 6.07 Å². The van der Waals surface area contributed by atoms with Crippen molar-refractivity contribution in [2.45, 2.75) is 20.4 Å². The molecule has 1 aromatic heterocycles. The van der Waals surface area contributed by atoms with Gasteiger partial charge in [0.15, 0.2) is 0 Å². The predicted molar refractivity (Wildman–Crippen MR) is 57.3 cm³/mol. The molecule has 3 nitrogen and oxygen atoms in total. The second-order valence-electron chi connectivity index (χ2n) is 3.92. The van der Waals surface area contributed by atoms with E-state index in [9.17, 15) is 4.39 Å². The van der Waals surface area contributed by atoms with Crippen LogP contribution in [0.1, 0.15) is 13.8 Å².